The average Bonchev–Trinajstić information content (AvgIpc) is 2.74. The van der Waals surface area contributed by atoms with Gasteiger partial charge in [0, 0.05) is 38.6 Å². The molecule has 1 saturated heterocycles. The van der Waals surface area contributed by atoms with Crippen molar-refractivity contribution in [2.45, 2.75) is 52.2 Å². The Kier molecular flexibility index (Phi) is 12.9. The first-order chi connectivity index (χ1) is 13.7. The van der Waals surface area contributed by atoms with Gasteiger partial charge in [-0.2, -0.15) is 0 Å². The number of halogens is 1. The van der Waals surface area contributed by atoms with Gasteiger partial charge in [0.15, 0.2) is 5.96 Å². The number of likely N-dealkylation sites (tertiary alicyclic amines) is 1. The molecule has 1 amide bonds. The van der Waals surface area contributed by atoms with Crippen LogP contribution < -0.4 is 10.6 Å². The Balaban J connectivity index is 0.00000420. The van der Waals surface area contributed by atoms with Gasteiger partial charge in [-0.15, -0.1) is 24.0 Å². The van der Waals surface area contributed by atoms with E-state index < -0.39 is 0 Å². The van der Waals surface area contributed by atoms with Crippen LogP contribution in [0.15, 0.2) is 35.3 Å². The van der Waals surface area contributed by atoms with Crippen molar-refractivity contribution in [2.75, 3.05) is 33.3 Å². The van der Waals surface area contributed by atoms with E-state index in [4.69, 9.17) is 4.74 Å². The molecular formula is C22H37IN4O2. The number of rotatable bonds is 9. The molecule has 6 nitrogen and oxygen atoms in total. The van der Waals surface area contributed by atoms with Crippen LogP contribution in [0.1, 0.15) is 45.1 Å². The second kappa shape index (κ2) is 14.6. The van der Waals surface area contributed by atoms with Crippen molar-refractivity contribution in [1.82, 2.24) is 15.5 Å². The van der Waals surface area contributed by atoms with E-state index in [0.29, 0.717) is 31.7 Å². The largest absolute Gasteiger partial charge is 0.375 e. The average molecular weight is 516 g/mol. The zero-order chi connectivity index (χ0) is 20.2. The summed E-state index contributed by atoms with van der Waals surface area (Å²) in [7, 11) is 1.78. The summed E-state index contributed by atoms with van der Waals surface area (Å²) in [6, 6.07) is 10.5. The van der Waals surface area contributed by atoms with Crippen molar-refractivity contribution in [2.24, 2.45) is 10.9 Å². The molecule has 1 aliphatic rings. The Morgan fingerprint density at radius 2 is 1.86 bits per heavy atom. The van der Waals surface area contributed by atoms with Crippen LogP contribution in [0, 0.1) is 5.92 Å². The highest BCUT2D eigenvalue weighted by molar-refractivity contribution is 14.0. The molecule has 164 valence electrons. The molecule has 1 fully saturated rings. The zero-order valence-electron chi connectivity index (χ0n) is 18.0. The Hall–Kier alpha value is -1.35. The van der Waals surface area contributed by atoms with Crippen LogP contribution in [0.5, 0.6) is 0 Å². The monoisotopic (exact) mass is 516 g/mol. The molecule has 0 bridgehead atoms. The van der Waals surface area contributed by atoms with E-state index in [1.165, 1.54) is 5.56 Å². The molecule has 1 heterocycles. The van der Waals surface area contributed by atoms with E-state index in [1.807, 2.05) is 23.1 Å². The minimum Gasteiger partial charge on any atom is -0.375 e. The van der Waals surface area contributed by atoms with Gasteiger partial charge >= 0.3 is 0 Å². The highest BCUT2D eigenvalue weighted by Crippen LogP contribution is 2.17. The van der Waals surface area contributed by atoms with E-state index in [1.54, 1.807) is 7.05 Å². The molecule has 0 unspecified atom stereocenters. The molecule has 7 heteroatoms. The van der Waals surface area contributed by atoms with E-state index in [9.17, 15) is 4.79 Å². The fourth-order valence-electron chi connectivity index (χ4n) is 3.53. The van der Waals surface area contributed by atoms with Crippen molar-refractivity contribution in [3.63, 3.8) is 0 Å². The van der Waals surface area contributed by atoms with Crippen molar-refractivity contribution >= 4 is 35.8 Å². The summed E-state index contributed by atoms with van der Waals surface area (Å²) in [6.07, 6.45) is 3.76. The topological polar surface area (TPSA) is 66.0 Å². The number of aliphatic imine (C=N–C) groups is 1. The van der Waals surface area contributed by atoms with Crippen LogP contribution in [-0.2, 0) is 16.1 Å². The molecule has 0 spiro atoms. The number of nitrogens with zero attached hydrogens (tertiary/aromatic N) is 2. The number of nitrogens with one attached hydrogen (secondary N) is 2. The Bertz CT molecular complexity index is 600. The molecule has 29 heavy (non-hydrogen) atoms. The van der Waals surface area contributed by atoms with Gasteiger partial charge in [0.25, 0.3) is 0 Å². The summed E-state index contributed by atoms with van der Waals surface area (Å²) in [5.74, 6) is 1.30. The summed E-state index contributed by atoms with van der Waals surface area (Å²) in [5.41, 5.74) is 1.18. The van der Waals surface area contributed by atoms with Crippen LogP contribution >= 0.6 is 24.0 Å². The van der Waals surface area contributed by atoms with Crippen LogP contribution in [-0.4, -0.2) is 56.1 Å². The first-order valence-corrected chi connectivity index (χ1v) is 10.6. The maximum absolute atomic E-state index is 12.5. The van der Waals surface area contributed by atoms with Crippen molar-refractivity contribution in [3.8, 4) is 0 Å². The summed E-state index contributed by atoms with van der Waals surface area (Å²) in [6.45, 7) is 7.79. The SMILES string of the molecule is CCC(CC)C(=O)N1CCC(NC(=NC)NCCOCc2ccccc2)CC1.I. The van der Waals surface area contributed by atoms with Crippen molar-refractivity contribution < 1.29 is 9.53 Å². The number of hydrogen-bond acceptors (Lipinski definition) is 3. The predicted octanol–water partition coefficient (Wildman–Crippen LogP) is 3.41. The smallest absolute Gasteiger partial charge is 0.225 e. The van der Waals surface area contributed by atoms with Gasteiger partial charge in [-0.1, -0.05) is 44.2 Å². The number of hydrogen-bond donors (Lipinski definition) is 2. The number of benzene rings is 1. The third kappa shape index (κ3) is 8.90. The molecule has 1 aromatic rings. The predicted molar refractivity (Wildman–Crippen MR) is 130 cm³/mol. The van der Waals surface area contributed by atoms with Crippen molar-refractivity contribution in [1.29, 1.82) is 0 Å². The maximum atomic E-state index is 12.5. The third-order valence-electron chi connectivity index (χ3n) is 5.36. The molecule has 1 aromatic carbocycles. The lowest BCUT2D eigenvalue weighted by molar-refractivity contribution is -0.136. The lowest BCUT2D eigenvalue weighted by Crippen LogP contribution is -2.51. The lowest BCUT2D eigenvalue weighted by atomic mass is 9.98. The standard InChI is InChI=1S/C22H36N4O2.HI/c1-4-19(5-2)21(27)26-14-11-20(12-15-26)25-22(23-3)24-13-16-28-17-18-9-7-6-8-10-18;/h6-10,19-20H,4-5,11-17H2,1-3H3,(H2,23,24,25);1H. The number of carbonyl (C=O) groups excluding carboxylic acids is 1. The minimum atomic E-state index is 0. The first kappa shape index (κ1) is 25.7. The molecule has 0 aliphatic carbocycles. The lowest BCUT2D eigenvalue weighted by Gasteiger charge is -2.34. The molecular weight excluding hydrogens is 479 g/mol. The number of guanidine groups is 1. The van der Waals surface area contributed by atoms with Crippen LogP contribution in [0.2, 0.25) is 0 Å². The number of ether oxygens (including phenoxy) is 1. The Morgan fingerprint density at radius 3 is 2.45 bits per heavy atom. The van der Waals surface area contributed by atoms with Gasteiger partial charge in [-0.25, -0.2) is 0 Å². The minimum absolute atomic E-state index is 0. The molecule has 0 aromatic heterocycles. The van der Waals surface area contributed by atoms with E-state index in [2.05, 4.69) is 41.6 Å². The van der Waals surface area contributed by atoms with Gasteiger partial charge in [-0.3, -0.25) is 9.79 Å². The summed E-state index contributed by atoms with van der Waals surface area (Å²) >= 11 is 0. The third-order valence-corrected chi connectivity index (χ3v) is 5.36. The van der Waals surface area contributed by atoms with E-state index in [-0.39, 0.29) is 29.9 Å². The molecule has 0 radical (unpaired) electrons. The van der Waals surface area contributed by atoms with Crippen LogP contribution in [0.25, 0.3) is 0 Å². The molecule has 0 atom stereocenters. The second-order valence-electron chi connectivity index (χ2n) is 7.29. The number of carbonyl (C=O) groups is 1. The fourth-order valence-corrected chi connectivity index (χ4v) is 3.53. The Morgan fingerprint density at radius 1 is 1.21 bits per heavy atom. The van der Waals surface area contributed by atoms with Gasteiger partial charge in [0.1, 0.15) is 0 Å². The van der Waals surface area contributed by atoms with Crippen molar-refractivity contribution in [3.05, 3.63) is 35.9 Å². The van der Waals surface area contributed by atoms with Gasteiger partial charge < -0.3 is 20.3 Å². The quantitative estimate of drug-likeness (QED) is 0.229. The first-order valence-electron chi connectivity index (χ1n) is 10.6. The Labute approximate surface area is 192 Å². The van der Waals surface area contributed by atoms with Crippen LogP contribution in [0.4, 0.5) is 0 Å². The maximum Gasteiger partial charge on any atom is 0.225 e. The molecule has 2 rings (SSSR count). The highest BCUT2D eigenvalue weighted by atomic mass is 127. The summed E-state index contributed by atoms with van der Waals surface area (Å²) in [4.78, 5) is 18.8. The highest BCUT2D eigenvalue weighted by Gasteiger charge is 2.26. The van der Waals surface area contributed by atoms with Gasteiger partial charge in [0.05, 0.1) is 13.2 Å². The summed E-state index contributed by atoms with van der Waals surface area (Å²) < 4.78 is 5.70. The fraction of sp³-hybridized carbons (Fsp3) is 0.636. The van der Waals surface area contributed by atoms with Gasteiger partial charge in [0.2, 0.25) is 5.91 Å². The normalized spacial score (nSPS) is 15.2. The number of piperidine rings is 1. The second-order valence-corrected chi connectivity index (χ2v) is 7.29. The van der Waals surface area contributed by atoms with Crippen LogP contribution in [0.3, 0.4) is 0 Å². The van der Waals surface area contributed by atoms with E-state index in [0.717, 1.165) is 44.7 Å². The zero-order valence-corrected chi connectivity index (χ0v) is 20.4. The molecule has 1 aliphatic heterocycles. The van der Waals surface area contributed by atoms with Gasteiger partial charge in [-0.05, 0) is 31.2 Å². The molecule has 2 N–H and O–H groups in total. The van der Waals surface area contributed by atoms with E-state index >= 15 is 0 Å². The summed E-state index contributed by atoms with van der Waals surface area (Å²) in [5, 5.41) is 6.78. The molecule has 0 saturated carbocycles. The number of amides is 1.